The third kappa shape index (κ3) is 5.05. The molecule has 2 aromatic rings. The Labute approximate surface area is 170 Å². The average molecular weight is 424 g/mol. The van der Waals surface area contributed by atoms with Crippen LogP contribution in [-0.2, 0) is 9.53 Å². The lowest BCUT2D eigenvalue weighted by atomic mass is 10.1. The predicted octanol–water partition coefficient (Wildman–Crippen LogP) is 1.63. The first-order chi connectivity index (χ1) is 13.6. The van der Waals surface area contributed by atoms with Crippen LogP contribution in [0.25, 0.3) is 0 Å². The van der Waals surface area contributed by atoms with Crippen molar-refractivity contribution in [2.24, 2.45) is 11.5 Å². The van der Waals surface area contributed by atoms with Gasteiger partial charge >= 0.3 is 5.97 Å². The minimum Gasteiger partial charge on any atom is -0.483 e. The first-order valence-corrected chi connectivity index (χ1v) is 8.65. The van der Waals surface area contributed by atoms with Gasteiger partial charge < -0.3 is 25.4 Å². The molecular weight excluding hydrogens is 406 g/mol. The molecule has 0 aliphatic rings. The molecule has 0 unspecified atom stereocenters. The molecule has 3 amide bonds. The number of halogens is 1. The lowest BCUT2D eigenvalue weighted by molar-refractivity contribution is -0.118. The summed E-state index contributed by atoms with van der Waals surface area (Å²) >= 11 is 5.81. The molecule has 0 aliphatic carbocycles. The van der Waals surface area contributed by atoms with E-state index in [1.165, 1.54) is 25.1 Å². The zero-order valence-electron chi connectivity index (χ0n) is 15.5. The van der Waals surface area contributed by atoms with Crippen molar-refractivity contribution in [3.8, 4) is 5.75 Å². The van der Waals surface area contributed by atoms with Crippen LogP contribution in [-0.4, -0.2) is 36.9 Å². The zero-order valence-corrected chi connectivity index (χ0v) is 16.3. The molecule has 1 aromatic carbocycles. The first-order valence-electron chi connectivity index (χ1n) is 8.28. The van der Waals surface area contributed by atoms with E-state index in [1.807, 2.05) is 0 Å². The highest BCUT2D eigenvalue weighted by Gasteiger charge is 2.29. The molecule has 0 bridgehead atoms. The summed E-state index contributed by atoms with van der Waals surface area (Å²) in [6.07, 6.45) is 0. The summed E-state index contributed by atoms with van der Waals surface area (Å²) in [5.41, 5.74) is 10.1. The van der Waals surface area contributed by atoms with Gasteiger partial charge in [-0.05, 0) is 32.0 Å². The molecule has 0 saturated carbocycles. The molecule has 1 aromatic heterocycles. The van der Waals surface area contributed by atoms with Crippen LogP contribution in [0.15, 0.2) is 22.6 Å². The Morgan fingerprint density at radius 3 is 2.41 bits per heavy atom. The number of amides is 3. The lowest BCUT2D eigenvalue weighted by Crippen LogP contribution is -2.24. The number of furan rings is 1. The second-order valence-corrected chi connectivity index (χ2v) is 6.10. The zero-order chi connectivity index (χ0) is 21.7. The largest absolute Gasteiger partial charge is 0.483 e. The maximum Gasteiger partial charge on any atom is 0.342 e. The van der Waals surface area contributed by atoms with Gasteiger partial charge in [-0.2, -0.15) is 0 Å². The number of anilines is 1. The second kappa shape index (κ2) is 9.11. The molecule has 0 atom stereocenters. The van der Waals surface area contributed by atoms with Gasteiger partial charge in [0.1, 0.15) is 22.6 Å². The SMILES string of the molecule is CCOC(=O)c1c(C)oc(NC(=O)COc2ccc(Cl)cc2C(N)=O)c1C(N)=O. The molecule has 0 spiro atoms. The third-order valence-electron chi connectivity index (χ3n) is 3.63. The van der Waals surface area contributed by atoms with E-state index >= 15 is 0 Å². The number of primary amides is 2. The van der Waals surface area contributed by atoms with E-state index in [9.17, 15) is 19.2 Å². The third-order valence-corrected chi connectivity index (χ3v) is 3.86. The first kappa shape index (κ1) is 21.8. The van der Waals surface area contributed by atoms with Crippen LogP contribution in [0.2, 0.25) is 5.02 Å². The molecule has 29 heavy (non-hydrogen) atoms. The molecule has 11 heteroatoms. The summed E-state index contributed by atoms with van der Waals surface area (Å²) in [5, 5.41) is 2.56. The van der Waals surface area contributed by atoms with Crippen molar-refractivity contribution in [3.05, 3.63) is 45.7 Å². The van der Waals surface area contributed by atoms with Gasteiger partial charge in [0.25, 0.3) is 17.7 Å². The van der Waals surface area contributed by atoms with Crippen molar-refractivity contribution in [1.82, 2.24) is 0 Å². The van der Waals surface area contributed by atoms with E-state index in [4.69, 9.17) is 37.0 Å². The molecular formula is C18H18ClN3O7. The Morgan fingerprint density at radius 1 is 1.14 bits per heavy atom. The lowest BCUT2D eigenvalue weighted by Gasteiger charge is -2.10. The van der Waals surface area contributed by atoms with Gasteiger partial charge in [0, 0.05) is 5.02 Å². The number of nitrogens with one attached hydrogen (secondary N) is 1. The summed E-state index contributed by atoms with van der Waals surface area (Å²) in [6, 6.07) is 4.12. The van der Waals surface area contributed by atoms with E-state index < -0.39 is 30.3 Å². The van der Waals surface area contributed by atoms with E-state index in [2.05, 4.69) is 5.32 Å². The normalized spacial score (nSPS) is 10.3. The quantitative estimate of drug-likeness (QED) is 0.543. The monoisotopic (exact) mass is 423 g/mol. The Morgan fingerprint density at radius 2 is 1.83 bits per heavy atom. The van der Waals surface area contributed by atoms with Crippen molar-refractivity contribution in [2.45, 2.75) is 13.8 Å². The van der Waals surface area contributed by atoms with E-state index in [1.54, 1.807) is 6.92 Å². The Balaban J connectivity index is 2.20. The molecule has 2 rings (SSSR count). The Hall–Kier alpha value is -3.53. The summed E-state index contributed by atoms with van der Waals surface area (Å²) in [4.78, 5) is 47.5. The van der Waals surface area contributed by atoms with Crippen molar-refractivity contribution >= 4 is 41.2 Å². The highest BCUT2D eigenvalue weighted by molar-refractivity contribution is 6.31. The molecule has 0 fully saturated rings. The smallest absolute Gasteiger partial charge is 0.342 e. The minimum atomic E-state index is -0.991. The van der Waals surface area contributed by atoms with E-state index in [0.29, 0.717) is 0 Å². The minimum absolute atomic E-state index is 0.0124. The number of esters is 1. The van der Waals surface area contributed by atoms with Crippen LogP contribution >= 0.6 is 11.6 Å². The number of carbonyl (C=O) groups is 4. The van der Waals surface area contributed by atoms with Gasteiger partial charge in [0.05, 0.1) is 12.2 Å². The van der Waals surface area contributed by atoms with Crippen LogP contribution in [0, 0.1) is 6.92 Å². The fourth-order valence-electron chi connectivity index (χ4n) is 2.44. The molecule has 1 heterocycles. The summed E-state index contributed by atoms with van der Waals surface area (Å²) < 4.78 is 15.5. The van der Waals surface area contributed by atoms with Crippen LogP contribution in [0.5, 0.6) is 5.75 Å². The number of hydrogen-bond acceptors (Lipinski definition) is 7. The van der Waals surface area contributed by atoms with E-state index in [-0.39, 0.29) is 45.7 Å². The highest BCUT2D eigenvalue weighted by atomic mass is 35.5. The van der Waals surface area contributed by atoms with Crippen molar-refractivity contribution < 1.29 is 33.1 Å². The standard InChI is InChI=1S/C18H18ClN3O7/c1-3-27-18(26)13-8(2)29-17(14(13)16(21)25)22-12(23)7-28-11-5-4-9(19)6-10(11)15(20)24/h4-6H,3,7H2,1-2H3,(H2,20,24)(H2,21,25)(H,22,23). The van der Waals surface area contributed by atoms with Gasteiger partial charge in [-0.3, -0.25) is 19.7 Å². The van der Waals surface area contributed by atoms with Gasteiger partial charge in [-0.1, -0.05) is 11.6 Å². The summed E-state index contributed by atoms with van der Waals surface area (Å²) in [6.45, 7) is 2.52. The van der Waals surface area contributed by atoms with Gasteiger partial charge in [-0.15, -0.1) is 0 Å². The number of benzene rings is 1. The van der Waals surface area contributed by atoms with Crippen LogP contribution in [0.3, 0.4) is 0 Å². The maximum absolute atomic E-state index is 12.2. The van der Waals surface area contributed by atoms with Crippen molar-refractivity contribution in [2.75, 3.05) is 18.5 Å². The summed E-state index contributed by atoms with van der Waals surface area (Å²) in [5.74, 6) is -3.59. The number of rotatable bonds is 8. The van der Waals surface area contributed by atoms with Crippen LogP contribution in [0.4, 0.5) is 5.88 Å². The molecule has 5 N–H and O–H groups in total. The van der Waals surface area contributed by atoms with Crippen molar-refractivity contribution in [3.63, 3.8) is 0 Å². The number of nitrogens with two attached hydrogens (primary N) is 2. The second-order valence-electron chi connectivity index (χ2n) is 5.66. The fourth-order valence-corrected chi connectivity index (χ4v) is 2.62. The van der Waals surface area contributed by atoms with E-state index in [0.717, 1.165) is 0 Å². The number of aryl methyl sites for hydroxylation is 1. The van der Waals surface area contributed by atoms with Gasteiger partial charge in [0.2, 0.25) is 5.88 Å². The topological polar surface area (TPSA) is 164 Å². The molecule has 0 radical (unpaired) electrons. The Bertz CT molecular complexity index is 984. The van der Waals surface area contributed by atoms with Gasteiger partial charge in [0.15, 0.2) is 6.61 Å². The average Bonchev–Trinajstić information content (AvgIpc) is 2.96. The molecule has 10 nitrogen and oxygen atoms in total. The molecule has 0 aliphatic heterocycles. The van der Waals surface area contributed by atoms with Crippen molar-refractivity contribution in [1.29, 1.82) is 0 Å². The summed E-state index contributed by atoms with van der Waals surface area (Å²) in [7, 11) is 0. The number of carbonyl (C=O) groups excluding carboxylic acids is 4. The van der Waals surface area contributed by atoms with Crippen LogP contribution < -0.4 is 21.5 Å². The van der Waals surface area contributed by atoms with Gasteiger partial charge in [-0.25, -0.2) is 4.79 Å². The number of ether oxygens (including phenoxy) is 2. The Kier molecular flexibility index (Phi) is 6.84. The fraction of sp³-hybridized carbons (Fsp3) is 0.222. The number of hydrogen-bond donors (Lipinski definition) is 3. The molecule has 154 valence electrons. The maximum atomic E-state index is 12.2. The molecule has 0 saturated heterocycles. The van der Waals surface area contributed by atoms with Crippen LogP contribution in [0.1, 0.15) is 43.8 Å². The predicted molar refractivity (Wildman–Crippen MR) is 102 cm³/mol. The highest BCUT2D eigenvalue weighted by Crippen LogP contribution is 2.28.